The minimum Gasteiger partial charge on any atom is -0.358 e. The first-order valence-electron chi connectivity index (χ1n) is 8.93. The number of hydrogen-bond acceptors (Lipinski definition) is 2. The molecule has 2 atom stereocenters. The number of imide groups is 1. The van der Waals surface area contributed by atoms with E-state index in [9.17, 15) is 9.59 Å². The number of benzene rings is 2. The van der Waals surface area contributed by atoms with Crippen molar-refractivity contribution in [3.05, 3.63) is 69.3 Å². The van der Waals surface area contributed by atoms with E-state index in [4.69, 9.17) is 23.2 Å². The van der Waals surface area contributed by atoms with Crippen LogP contribution in [0.25, 0.3) is 10.9 Å². The van der Waals surface area contributed by atoms with Gasteiger partial charge in [-0.2, -0.15) is 0 Å². The Hall–Kier alpha value is -2.30. The molecule has 3 aromatic rings. The monoisotopic (exact) mass is 398 g/mol. The first-order valence-corrected chi connectivity index (χ1v) is 9.69. The van der Waals surface area contributed by atoms with Crippen LogP contribution in [0.5, 0.6) is 0 Å². The second-order valence-corrected chi connectivity index (χ2v) is 8.04. The number of fused-ring (bicyclic) bond motifs is 5. The number of halogens is 2. The van der Waals surface area contributed by atoms with Crippen LogP contribution in [0, 0.1) is 5.92 Å². The molecule has 2 heterocycles. The molecule has 1 aliphatic heterocycles. The lowest BCUT2D eigenvalue weighted by Gasteiger charge is -2.22. The number of nitrogens with one attached hydrogen (secondary N) is 1. The van der Waals surface area contributed by atoms with E-state index in [-0.39, 0.29) is 17.7 Å². The fraction of sp³-hybridized carbons (Fsp3) is 0.238. The molecule has 5 rings (SSSR count). The minimum atomic E-state index is -0.475. The quantitative estimate of drug-likeness (QED) is 0.636. The number of hydrogen-bond donors (Lipinski definition) is 1. The number of nitrogens with zero attached hydrogens (tertiary/aromatic N) is 1. The van der Waals surface area contributed by atoms with Gasteiger partial charge in [-0.15, -0.1) is 0 Å². The number of carbonyl (C=O) groups is 2. The number of aromatic nitrogens is 1. The van der Waals surface area contributed by atoms with Crippen LogP contribution in [0.1, 0.15) is 29.2 Å². The van der Waals surface area contributed by atoms with Crippen LogP contribution in [0.15, 0.2) is 42.5 Å². The number of aryl methyl sites for hydroxylation is 1. The lowest BCUT2D eigenvalue weighted by atomic mass is 9.78. The molecule has 0 bridgehead atoms. The van der Waals surface area contributed by atoms with E-state index in [1.165, 1.54) is 4.90 Å². The molecule has 2 amide bonds. The number of carbonyl (C=O) groups excluding carboxylic acids is 2. The van der Waals surface area contributed by atoms with E-state index < -0.39 is 5.92 Å². The molecule has 6 heteroatoms. The van der Waals surface area contributed by atoms with Gasteiger partial charge in [0.2, 0.25) is 11.8 Å². The Labute approximate surface area is 166 Å². The van der Waals surface area contributed by atoms with Crippen molar-refractivity contribution in [3.63, 3.8) is 0 Å². The fourth-order valence-corrected chi connectivity index (χ4v) is 5.09. The summed E-state index contributed by atoms with van der Waals surface area (Å²) < 4.78 is 0. The van der Waals surface area contributed by atoms with Crippen LogP contribution in [0.4, 0.5) is 0 Å². The Balaban J connectivity index is 1.61. The van der Waals surface area contributed by atoms with E-state index >= 15 is 0 Å². The first kappa shape index (κ1) is 16.8. The minimum absolute atomic E-state index is 0.0843. The van der Waals surface area contributed by atoms with Crippen LogP contribution < -0.4 is 0 Å². The van der Waals surface area contributed by atoms with Gasteiger partial charge in [0.05, 0.1) is 23.4 Å². The smallest absolute Gasteiger partial charge is 0.237 e. The van der Waals surface area contributed by atoms with Gasteiger partial charge >= 0.3 is 0 Å². The van der Waals surface area contributed by atoms with Gasteiger partial charge in [-0.3, -0.25) is 14.5 Å². The summed E-state index contributed by atoms with van der Waals surface area (Å²) in [5, 5.41) is 1.87. The van der Waals surface area contributed by atoms with E-state index in [2.05, 4.69) is 4.98 Å². The number of rotatable bonds is 2. The van der Waals surface area contributed by atoms with Gasteiger partial charge in [-0.1, -0.05) is 53.5 Å². The molecule has 136 valence electrons. The molecule has 2 aliphatic rings. The Morgan fingerprint density at radius 2 is 1.85 bits per heavy atom. The van der Waals surface area contributed by atoms with Gasteiger partial charge in [0.25, 0.3) is 0 Å². The van der Waals surface area contributed by atoms with Crippen molar-refractivity contribution in [1.29, 1.82) is 0 Å². The van der Waals surface area contributed by atoms with E-state index in [0.29, 0.717) is 23.0 Å². The first-order chi connectivity index (χ1) is 13.0. The normalized spacial score (nSPS) is 21.6. The zero-order valence-corrected chi connectivity index (χ0v) is 15.8. The average Bonchev–Trinajstić information content (AvgIpc) is 3.13. The Morgan fingerprint density at radius 3 is 2.63 bits per heavy atom. The third kappa shape index (κ3) is 2.51. The topological polar surface area (TPSA) is 53.2 Å². The van der Waals surface area contributed by atoms with Crippen LogP contribution in [-0.4, -0.2) is 21.7 Å². The summed E-state index contributed by atoms with van der Waals surface area (Å²) in [4.78, 5) is 31.0. The molecule has 2 unspecified atom stereocenters. The van der Waals surface area contributed by atoms with Crippen LogP contribution >= 0.6 is 23.2 Å². The highest BCUT2D eigenvalue weighted by molar-refractivity contribution is 6.39. The van der Waals surface area contributed by atoms with Crippen molar-refractivity contribution in [2.45, 2.75) is 25.3 Å². The summed E-state index contributed by atoms with van der Waals surface area (Å²) >= 11 is 12.6. The summed E-state index contributed by atoms with van der Waals surface area (Å²) in [6, 6.07) is 13.1. The molecule has 1 aromatic heterocycles. The second-order valence-electron chi connectivity index (χ2n) is 7.20. The van der Waals surface area contributed by atoms with E-state index in [0.717, 1.165) is 34.1 Å². The fourth-order valence-electron chi connectivity index (χ4n) is 4.49. The van der Waals surface area contributed by atoms with Crippen molar-refractivity contribution < 1.29 is 9.59 Å². The summed E-state index contributed by atoms with van der Waals surface area (Å²) in [6.07, 6.45) is 1.38. The molecule has 0 spiro atoms. The summed E-state index contributed by atoms with van der Waals surface area (Å²) in [6.45, 7) is 0.308. The highest BCUT2D eigenvalue weighted by Crippen LogP contribution is 2.48. The largest absolute Gasteiger partial charge is 0.358 e. The molecule has 1 N–H and O–H groups in total. The Bertz CT molecular complexity index is 1090. The second kappa shape index (κ2) is 6.11. The zero-order valence-electron chi connectivity index (χ0n) is 14.3. The van der Waals surface area contributed by atoms with E-state index in [1.54, 1.807) is 6.07 Å². The summed E-state index contributed by atoms with van der Waals surface area (Å²) in [5.74, 6) is -1.02. The van der Waals surface area contributed by atoms with Crippen LogP contribution in [0.3, 0.4) is 0 Å². The standard InChI is InChI=1S/C21H16Cl2N2O2/c22-12-8-14(23)18-16(9-12)24-15-7-6-13-17(19(15)18)21(27)25(20(13)26)10-11-4-2-1-3-5-11/h1-5,8-9,13,17,24H,6-7,10H2. The van der Waals surface area contributed by atoms with Gasteiger partial charge in [-0.05, 0) is 36.1 Å². The number of amides is 2. The van der Waals surface area contributed by atoms with E-state index in [1.807, 2.05) is 36.4 Å². The van der Waals surface area contributed by atoms with Crippen LogP contribution in [0.2, 0.25) is 10.0 Å². The zero-order chi connectivity index (χ0) is 18.7. The molecule has 0 saturated carbocycles. The molecule has 1 saturated heterocycles. The maximum absolute atomic E-state index is 13.3. The molecular weight excluding hydrogens is 383 g/mol. The third-order valence-corrected chi connectivity index (χ3v) is 6.17. The lowest BCUT2D eigenvalue weighted by molar-refractivity contribution is -0.140. The SMILES string of the molecule is O=C1C2CCc3[nH]c4cc(Cl)cc(Cl)c4c3C2C(=O)N1Cc1ccccc1. The maximum atomic E-state index is 13.3. The third-order valence-electron chi connectivity index (χ3n) is 5.65. The average molecular weight is 399 g/mol. The molecular formula is C21H16Cl2N2O2. The van der Waals surface area contributed by atoms with Crippen molar-refractivity contribution in [2.24, 2.45) is 5.92 Å². The van der Waals surface area contributed by atoms with Crippen molar-refractivity contribution >= 4 is 45.9 Å². The molecule has 27 heavy (non-hydrogen) atoms. The lowest BCUT2D eigenvalue weighted by Crippen LogP contribution is -2.30. The molecule has 1 fully saturated rings. The Kier molecular flexibility index (Phi) is 3.81. The summed E-state index contributed by atoms with van der Waals surface area (Å²) in [5.41, 5.74) is 3.62. The van der Waals surface area contributed by atoms with Gasteiger partial charge in [0.1, 0.15) is 0 Å². The van der Waals surface area contributed by atoms with Crippen molar-refractivity contribution in [1.82, 2.24) is 9.88 Å². The van der Waals surface area contributed by atoms with Gasteiger partial charge in [-0.25, -0.2) is 0 Å². The van der Waals surface area contributed by atoms with Gasteiger partial charge in [0.15, 0.2) is 0 Å². The van der Waals surface area contributed by atoms with Gasteiger partial charge < -0.3 is 4.98 Å². The maximum Gasteiger partial charge on any atom is 0.237 e. The van der Waals surface area contributed by atoms with Crippen LogP contribution in [-0.2, 0) is 22.6 Å². The summed E-state index contributed by atoms with van der Waals surface area (Å²) in [7, 11) is 0. The molecule has 4 nitrogen and oxygen atoms in total. The number of aromatic amines is 1. The van der Waals surface area contributed by atoms with Crippen molar-refractivity contribution in [3.8, 4) is 0 Å². The van der Waals surface area contributed by atoms with Crippen molar-refractivity contribution in [2.75, 3.05) is 0 Å². The number of likely N-dealkylation sites (tertiary alicyclic amines) is 1. The van der Waals surface area contributed by atoms with Gasteiger partial charge in [0, 0.05) is 21.6 Å². The number of H-pyrrole nitrogens is 1. The predicted octanol–water partition coefficient (Wildman–Crippen LogP) is 4.69. The predicted molar refractivity (Wildman–Crippen MR) is 105 cm³/mol. The molecule has 1 aliphatic carbocycles. The molecule has 2 aromatic carbocycles. The molecule has 0 radical (unpaired) electrons. The highest BCUT2D eigenvalue weighted by Gasteiger charge is 2.51. The highest BCUT2D eigenvalue weighted by atomic mass is 35.5. The Morgan fingerprint density at radius 1 is 1.07 bits per heavy atom.